The zero-order valence-electron chi connectivity index (χ0n) is 6.56. The van der Waals surface area contributed by atoms with E-state index in [1.807, 2.05) is 6.08 Å². The van der Waals surface area contributed by atoms with Crippen LogP contribution in [0.3, 0.4) is 0 Å². The molecule has 1 rings (SSSR count). The van der Waals surface area contributed by atoms with Gasteiger partial charge in [-0.2, -0.15) is 0 Å². The standard InChI is InChI=1S/C10H14/c1-3-6-10-8-5-4-7-9(10)2/h3,5,9H,1,4,6-7H2,2H3. The van der Waals surface area contributed by atoms with Gasteiger partial charge in [-0.05, 0) is 36.8 Å². The molecule has 0 amide bonds. The summed E-state index contributed by atoms with van der Waals surface area (Å²) < 4.78 is 0. The van der Waals surface area contributed by atoms with E-state index >= 15 is 0 Å². The van der Waals surface area contributed by atoms with Gasteiger partial charge < -0.3 is 0 Å². The maximum atomic E-state index is 3.71. The molecule has 0 nitrogen and oxygen atoms in total. The molecule has 0 saturated heterocycles. The second-order valence-electron chi connectivity index (χ2n) is 2.84. The van der Waals surface area contributed by atoms with E-state index in [2.05, 4.69) is 25.3 Å². The van der Waals surface area contributed by atoms with Crippen LogP contribution in [0.1, 0.15) is 26.2 Å². The van der Waals surface area contributed by atoms with Crippen LogP contribution in [0.4, 0.5) is 0 Å². The van der Waals surface area contributed by atoms with E-state index in [1.54, 1.807) is 0 Å². The quantitative estimate of drug-likeness (QED) is 0.402. The van der Waals surface area contributed by atoms with Crippen molar-refractivity contribution in [2.75, 3.05) is 0 Å². The molecular weight excluding hydrogens is 120 g/mol. The third-order valence-corrected chi connectivity index (χ3v) is 1.99. The molecule has 0 aromatic heterocycles. The van der Waals surface area contributed by atoms with Gasteiger partial charge in [-0.15, -0.1) is 12.3 Å². The Morgan fingerprint density at radius 2 is 2.70 bits per heavy atom. The van der Waals surface area contributed by atoms with Crippen molar-refractivity contribution >= 4 is 0 Å². The highest BCUT2D eigenvalue weighted by atomic mass is 14.1. The fourth-order valence-corrected chi connectivity index (χ4v) is 1.27. The van der Waals surface area contributed by atoms with Crippen LogP contribution in [0.2, 0.25) is 0 Å². The monoisotopic (exact) mass is 134 g/mol. The molecule has 0 aromatic carbocycles. The van der Waals surface area contributed by atoms with Crippen molar-refractivity contribution in [3.8, 4) is 0 Å². The molecule has 10 heavy (non-hydrogen) atoms. The molecule has 1 aliphatic carbocycles. The van der Waals surface area contributed by atoms with Gasteiger partial charge in [0.15, 0.2) is 0 Å². The zero-order valence-corrected chi connectivity index (χ0v) is 6.56. The summed E-state index contributed by atoms with van der Waals surface area (Å²) in [5.74, 6) is 0.725. The van der Waals surface area contributed by atoms with Crippen LogP contribution in [0.25, 0.3) is 0 Å². The van der Waals surface area contributed by atoms with E-state index < -0.39 is 0 Å². The molecule has 0 aromatic rings. The molecule has 0 heterocycles. The first-order valence-electron chi connectivity index (χ1n) is 3.89. The van der Waals surface area contributed by atoms with Gasteiger partial charge >= 0.3 is 0 Å². The van der Waals surface area contributed by atoms with Crippen molar-refractivity contribution < 1.29 is 0 Å². The average molecular weight is 134 g/mol. The SMILES string of the molecule is C=CCC1=C=CCCC1C. The largest absolute Gasteiger partial charge is 0.125 e. The van der Waals surface area contributed by atoms with E-state index in [0.29, 0.717) is 0 Å². The fraction of sp³-hybridized carbons (Fsp3) is 0.500. The van der Waals surface area contributed by atoms with E-state index in [-0.39, 0.29) is 0 Å². The Morgan fingerprint density at radius 3 is 3.30 bits per heavy atom. The van der Waals surface area contributed by atoms with Gasteiger partial charge in [-0.25, -0.2) is 0 Å². The predicted molar refractivity (Wildman–Crippen MR) is 44.8 cm³/mol. The normalized spacial score (nSPS) is 24.1. The first-order valence-corrected chi connectivity index (χ1v) is 3.89. The summed E-state index contributed by atoms with van der Waals surface area (Å²) in [4.78, 5) is 0. The summed E-state index contributed by atoms with van der Waals surface area (Å²) in [5, 5.41) is 0. The van der Waals surface area contributed by atoms with Gasteiger partial charge in [0, 0.05) is 0 Å². The van der Waals surface area contributed by atoms with Gasteiger partial charge in [0.25, 0.3) is 0 Å². The number of hydrogen-bond donors (Lipinski definition) is 0. The second kappa shape index (κ2) is 3.43. The van der Waals surface area contributed by atoms with Crippen LogP contribution in [0, 0.1) is 5.92 Å². The number of rotatable bonds is 2. The highest BCUT2D eigenvalue weighted by Crippen LogP contribution is 2.22. The Hall–Kier alpha value is -0.740. The van der Waals surface area contributed by atoms with Crippen LogP contribution in [0.15, 0.2) is 30.0 Å². The zero-order chi connectivity index (χ0) is 7.40. The van der Waals surface area contributed by atoms with Crippen molar-refractivity contribution in [3.05, 3.63) is 30.0 Å². The van der Waals surface area contributed by atoms with E-state index in [0.717, 1.165) is 12.3 Å². The molecule has 1 unspecified atom stereocenters. The highest BCUT2D eigenvalue weighted by molar-refractivity contribution is 5.12. The number of allylic oxidation sites excluding steroid dienone is 2. The molecule has 0 spiro atoms. The minimum atomic E-state index is 0.725. The van der Waals surface area contributed by atoms with Crippen LogP contribution in [-0.2, 0) is 0 Å². The molecule has 0 fully saturated rings. The summed E-state index contributed by atoms with van der Waals surface area (Å²) >= 11 is 0. The summed E-state index contributed by atoms with van der Waals surface area (Å²) in [6.07, 6.45) is 7.59. The average Bonchev–Trinajstić information content (AvgIpc) is 1.94. The van der Waals surface area contributed by atoms with Gasteiger partial charge in [-0.1, -0.05) is 13.0 Å². The van der Waals surface area contributed by atoms with Crippen LogP contribution in [0.5, 0.6) is 0 Å². The lowest BCUT2D eigenvalue weighted by atomic mass is 9.91. The third kappa shape index (κ3) is 1.62. The van der Waals surface area contributed by atoms with Gasteiger partial charge in [0.1, 0.15) is 0 Å². The Balaban J connectivity index is 2.68. The molecule has 0 N–H and O–H groups in total. The molecule has 54 valence electrons. The Bertz CT molecular complexity index is 180. The van der Waals surface area contributed by atoms with Crippen molar-refractivity contribution in [1.82, 2.24) is 0 Å². The topological polar surface area (TPSA) is 0 Å². The molecule has 0 saturated carbocycles. The summed E-state index contributed by atoms with van der Waals surface area (Å²) in [6, 6.07) is 0. The number of hydrogen-bond acceptors (Lipinski definition) is 0. The fourth-order valence-electron chi connectivity index (χ4n) is 1.27. The maximum Gasteiger partial charge on any atom is -0.00626 e. The van der Waals surface area contributed by atoms with Gasteiger partial charge in [-0.3, -0.25) is 0 Å². The van der Waals surface area contributed by atoms with E-state index in [1.165, 1.54) is 18.4 Å². The highest BCUT2D eigenvalue weighted by Gasteiger charge is 2.08. The lowest BCUT2D eigenvalue weighted by Gasteiger charge is -2.13. The lowest BCUT2D eigenvalue weighted by molar-refractivity contribution is 0.600. The Labute approximate surface area is 62.9 Å². The minimum Gasteiger partial charge on any atom is -0.125 e. The molecular formula is C10H14. The summed E-state index contributed by atoms with van der Waals surface area (Å²) in [7, 11) is 0. The molecule has 1 atom stereocenters. The summed E-state index contributed by atoms with van der Waals surface area (Å²) in [6.45, 7) is 5.98. The Kier molecular flexibility index (Phi) is 2.53. The second-order valence-corrected chi connectivity index (χ2v) is 2.84. The van der Waals surface area contributed by atoms with Gasteiger partial charge in [0.2, 0.25) is 0 Å². The van der Waals surface area contributed by atoms with Crippen molar-refractivity contribution in [3.63, 3.8) is 0 Å². The summed E-state index contributed by atoms with van der Waals surface area (Å²) in [5.41, 5.74) is 4.71. The van der Waals surface area contributed by atoms with Crippen molar-refractivity contribution in [2.45, 2.75) is 26.2 Å². The predicted octanol–water partition coefficient (Wildman–Crippen LogP) is 3.07. The van der Waals surface area contributed by atoms with Gasteiger partial charge in [0.05, 0.1) is 0 Å². The van der Waals surface area contributed by atoms with Crippen molar-refractivity contribution in [1.29, 1.82) is 0 Å². The molecule has 0 bridgehead atoms. The molecule has 0 aliphatic heterocycles. The molecule has 0 heteroatoms. The smallest absolute Gasteiger partial charge is 0.00626 e. The van der Waals surface area contributed by atoms with E-state index in [4.69, 9.17) is 0 Å². The van der Waals surface area contributed by atoms with Crippen LogP contribution in [-0.4, -0.2) is 0 Å². The first kappa shape index (κ1) is 7.37. The maximum absolute atomic E-state index is 3.71. The Morgan fingerprint density at radius 1 is 1.90 bits per heavy atom. The first-order chi connectivity index (χ1) is 4.84. The van der Waals surface area contributed by atoms with Crippen molar-refractivity contribution in [2.24, 2.45) is 5.92 Å². The minimum absolute atomic E-state index is 0.725. The lowest BCUT2D eigenvalue weighted by Crippen LogP contribution is -2.00. The molecule has 1 aliphatic rings. The van der Waals surface area contributed by atoms with Crippen LogP contribution < -0.4 is 0 Å². The third-order valence-electron chi connectivity index (χ3n) is 1.99. The molecule has 0 radical (unpaired) electrons. The van der Waals surface area contributed by atoms with E-state index in [9.17, 15) is 0 Å². The van der Waals surface area contributed by atoms with Crippen LogP contribution >= 0.6 is 0 Å².